The van der Waals surface area contributed by atoms with Crippen molar-refractivity contribution < 1.29 is 14.3 Å². The molecule has 2 aromatic rings. The highest BCUT2D eigenvalue weighted by Crippen LogP contribution is 2.30. The average Bonchev–Trinajstić information content (AvgIpc) is 2.49. The van der Waals surface area contributed by atoms with E-state index in [-0.39, 0.29) is 16.6 Å². The van der Waals surface area contributed by atoms with Crippen LogP contribution in [-0.2, 0) is 0 Å². The van der Waals surface area contributed by atoms with E-state index in [9.17, 15) is 4.79 Å². The number of pyridine rings is 1. The predicted molar refractivity (Wildman–Crippen MR) is 84.4 cm³/mol. The van der Waals surface area contributed by atoms with Gasteiger partial charge >= 0.3 is 0 Å². The molecule has 0 fully saturated rings. The Morgan fingerprint density at radius 2 is 1.95 bits per heavy atom. The molecule has 0 aliphatic heterocycles. The van der Waals surface area contributed by atoms with Crippen LogP contribution in [0.25, 0.3) is 0 Å². The van der Waals surface area contributed by atoms with Gasteiger partial charge in [0.1, 0.15) is 5.15 Å². The maximum atomic E-state index is 12.2. The summed E-state index contributed by atoms with van der Waals surface area (Å²) in [6, 6.07) is 6.68. The second kappa shape index (κ2) is 6.78. The Bertz CT molecular complexity index is 679. The van der Waals surface area contributed by atoms with Gasteiger partial charge in [-0.25, -0.2) is 4.98 Å². The molecule has 110 valence electrons. The largest absolute Gasteiger partial charge is 0.493 e. The van der Waals surface area contributed by atoms with Crippen molar-refractivity contribution in [3.8, 4) is 11.5 Å². The zero-order chi connectivity index (χ0) is 15.4. The number of hydrogen-bond acceptors (Lipinski definition) is 4. The highest BCUT2D eigenvalue weighted by molar-refractivity contribution is 9.10. The van der Waals surface area contributed by atoms with Crippen LogP contribution in [-0.4, -0.2) is 25.1 Å². The van der Waals surface area contributed by atoms with Gasteiger partial charge in [0.15, 0.2) is 11.5 Å². The molecule has 1 aromatic heterocycles. The third-order valence-electron chi connectivity index (χ3n) is 2.69. The summed E-state index contributed by atoms with van der Waals surface area (Å²) in [6.07, 6.45) is 1.52. The van der Waals surface area contributed by atoms with Crippen molar-refractivity contribution >= 4 is 39.1 Å². The molecular weight excluding hydrogens is 360 g/mol. The number of rotatable bonds is 4. The van der Waals surface area contributed by atoms with E-state index in [1.807, 2.05) is 0 Å². The number of amides is 1. The van der Waals surface area contributed by atoms with Crippen molar-refractivity contribution in [1.29, 1.82) is 0 Å². The van der Waals surface area contributed by atoms with Crippen LogP contribution in [0.3, 0.4) is 0 Å². The van der Waals surface area contributed by atoms with Gasteiger partial charge in [-0.05, 0) is 34.1 Å². The fraction of sp³-hybridized carbons (Fsp3) is 0.143. The molecule has 2 rings (SSSR count). The first-order valence-electron chi connectivity index (χ1n) is 5.89. The van der Waals surface area contributed by atoms with Crippen molar-refractivity contribution in [3.63, 3.8) is 0 Å². The van der Waals surface area contributed by atoms with E-state index in [1.54, 1.807) is 31.4 Å². The van der Waals surface area contributed by atoms with Crippen LogP contribution >= 0.6 is 27.5 Å². The van der Waals surface area contributed by atoms with Crippen molar-refractivity contribution in [1.82, 2.24) is 4.98 Å². The van der Waals surface area contributed by atoms with E-state index in [0.29, 0.717) is 21.7 Å². The van der Waals surface area contributed by atoms with Crippen molar-refractivity contribution in [2.24, 2.45) is 0 Å². The van der Waals surface area contributed by atoms with Gasteiger partial charge < -0.3 is 14.8 Å². The lowest BCUT2D eigenvalue weighted by molar-refractivity contribution is 0.102. The average molecular weight is 372 g/mol. The highest BCUT2D eigenvalue weighted by atomic mass is 79.9. The number of ether oxygens (including phenoxy) is 2. The molecule has 0 unspecified atom stereocenters. The summed E-state index contributed by atoms with van der Waals surface area (Å²) in [5.74, 6) is 0.743. The van der Waals surface area contributed by atoms with Crippen LogP contribution in [0.5, 0.6) is 11.5 Å². The molecule has 0 bridgehead atoms. The summed E-state index contributed by atoms with van der Waals surface area (Å²) in [7, 11) is 3.07. The molecule has 0 aliphatic carbocycles. The van der Waals surface area contributed by atoms with Gasteiger partial charge in [0, 0.05) is 22.4 Å². The first kappa shape index (κ1) is 15.6. The molecule has 1 aromatic carbocycles. The van der Waals surface area contributed by atoms with E-state index < -0.39 is 0 Å². The second-order valence-corrected chi connectivity index (χ2v) is 5.29. The fourth-order valence-electron chi connectivity index (χ4n) is 1.69. The lowest BCUT2D eigenvalue weighted by Gasteiger charge is -2.11. The normalized spacial score (nSPS) is 10.1. The van der Waals surface area contributed by atoms with Crippen LogP contribution in [0, 0.1) is 0 Å². The van der Waals surface area contributed by atoms with Crippen molar-refractivity contribution in [3.05, 3.63) is 45.7 Å². The summed E-state index contributed by atoms with van der Waals surface area (Å²) in [5, 5.41) is 2.87. The highest BCUT2D eigenvalue weighted by Gasteiger charge is 2.13. The molecule has 0 atom stereocenters. The van der Waals surface area contributed by atoms with E-state index in [4.69, 9.17) is 21.1 Å². The van der Waals surface area contributed by atoms with Gasteiger partial charge in [-0.3, -0.25) is 4.79 Å². The number of aromatic nitrogens is 1. The Balaban J connectivity index is 2.25. The lowest BCUT2D eigenvalue weighted by Crippen LogP contribution is -2.13. The monoisotopic (exact) mass is 370 g/mol. The number of hydrogen-bond donors (Lipinski definition) is 1. The SMILES string of the molecule is COc1ccc(NC(=O)c2cc(Br)cnc2Cl)cc1OC. The molecule has 1 N–H and O–H groups in total. The molecular formula is C14H12BrClN2O3. The number of nitrogens with zero attached hydrogens (tertiary/aromatic N) is 1. The lowest BCUT2D eigenvalue weighted by atomic mass is 10.2. The Kier molecular flexibility index (Phi) is 5.03. The van der Waals surface area contributed by atoms with Gasteiger partial charge in [-0.1, -0.05) is 11.6 Å². The van der Waals surface area contributed by atoms with Crippen LogP contribution in [0.15, 0.2) is 34.9 Å². The standard InChI is InChI=1S/C14H12BrClN2O3/c1-20-11-4-3-9(6-12(11)21-2)18-14(19)10-5-8(15)7-17-13(10)16/h3-7H,1-2H3,(H,18,19). The third-order valence-corrected chi connectivity index (χ3v) is 3.43. The molecule has 0 spiro atoms. The Morgan fingerprint density at radius 1 is 1.24 bits per heavy atom. The molecule has 7 heteroatoms. The van der Waals surface area contributed by atoms with E-state index in [0.717, 1.165) is 0 Å². The zero-order valence-electron chi connectivity index (χ0n) is 11.3. The van der Waals surface area contributed by atoms with Gasteiger partial charge in [-0.15, -0.1) is 0 Å². The Labute approximate surface area is 135 Å². The molecule has 0 saturated heterocycles. The zero-order valence-corrected chi connectivity index (χ0v) is 13.7. The van der Waals surface area contributed by atoms with Crippen LogP contribution in [0.4, 0.5) is 5.69 Å². The number of benzene rings is 1. The third kappa shape index (κ3) is 3.65. The van der Waals surface area contributed by atoms with Crippen LogP contribution in [0.2, 0.25) is 5.15 Å². The van der Waals surface area contributed by atoms with Gasteiger partial charge in [-0.2, -0.15) is 0 Å². The summed E-state index contributed by atoms with van der Waals surface area (Å²) in [5.41, 5.74) is 0.842. The molecule has 0 saturated carbocycles. The fourth-order valence-corrected chi connectivity index (χ4v) is 2.21. The summed E-state index contributed by atoms with van der Waals surface area (Å²) < 4.78 is 11.0. The minimum absolute atomic E-state index is 0.135. The smallest absolute Gasteiger partial charge is 0.258 e. The van der Waals surface area contributed by atoms with Gasteiger partial charge in [0.05, 0.1) is 19.8 Å². The minimum atomic E-state index is -0.360. The molecule has 1 heterocycles. The number of nitrogens with one attached hydrogen (secondary N) is 1. The molecule has 0 aliphatic rings. The Morgan fingerprint density at radius 3 is 2.62 bits per heavy atom. The van der Waals surface area contributed by atoms with Gasteiger partial charge in [0.2, 0.25) is 0 Å². The predicted octanol–water partition coefficient (Wildman–Crippen LogP) is 3.77. The van der Waals surface area contributed by atoms with E-state index in [2.05, 4.69) is 26.2 Å². The molecule has 5 nitrogen and oxygen atoms in total. The minimum Gasteiger partial charge on any atom is -0.493 e. The summed E-state index contributed by atoms with van der Waals surface area (Å²) in [4.78, 5) is 16.1. The number of carbonyl (C=O) groups is 1. The quantitative estimate of drug-likeness (QED) is 0.831. The molecule has 0 radical (unpaired) electrons. The topological polar surface area (TPSA) is 60.5 Å². The first-order valence-corrected chi connectivity index (χ1v) is 7.06. The number of methoxy groups -OCH3 is 2. The van der Waals surface area contributed by atoms with E-state index >= 15 is 0 Å². The van der Waals surface area contributed by atoms with Crippen LogP contribution < -0.4 is 14.8 Å². The molecule has 21 heavy (non-hydrogen) atoms. The maximum Gasteiger partial charge on any atom is 0.258 e. The van der Waals surface area contributed by atoms with Crippen LogP contribution in [0.1, 0.15) is 10.4 Å². The van der Waals surface area contributed by atoms with E-state index in [1.165, 1.54) is 13.3 Å². The van der Waals surface area contributed by atoms with Crippen molar-refractivity contribution in [2.75, 3.05) is 19.5 Å². The molecule has 1 amide bonds. The number of carbonyl (C=O) groups excluding carboxylic acids is 1. The second-order valence-electron chi connectivity index (χ2n) is 4.02. The van der Waals surface area contributed by atoms with Gasteiger partial charge in [0.25, 0.3) is 5.91 Å². The first-order chi connectivity index (χ1) is 10.0. The summed E-state index contributed by atoms with van der Waals surface area (Å²) >= 11 is 9.18. The summed E-state index contributed by atoms with van der Waals surface area (Å²) in [6.45, 7) is 0. The maximum absolute atomic E-state index is 12.2. The number of anilines is 1. The Hall–Kier alpha value is -1.79. The number of halogens is 2. The van der Waals surface area contributed by atoms with Crippen molar-refractivity contribution in [2.45, 2.75) is 0 Å².